The first-order chi connectivity index (χ1) is 13.1. The third kappa shape index (κ3) is 3.91. The minimum absolute atomic E-state index is 0.105. The molecule has 27 heavy (non-hydrogen) atoms. The molecule has 0 aliphatic carbocycles. The first kappa shape index (κ1) is 17.4. The summed E-state index contributed by atoms with van der Waals surface area (Å²) in [7, 11) is -3.69. The number of benzene rings is 1. The smallest absolute Gasteiger partial charge is 0.249 e. The van der Waals surface area contributed by atoms with Crippen LogP contribution in [-0.2, 0) is 16.4 Å². The van der Waals surface area contributed by atoms with E-state index in [1.165, 1.54) is 12.1 Å². The summed E-state index contributed by atoms with van der Waals surface area (Å²) in [6, 6.07) is 8.07. The molecule has 9 nitrogen and oxygen atoms in total. The van der Waals surface area contributed by atoms with Crippen LogP contribution >= 0.6 is 0 Å². The normalized spacial score (nSPS) is 13.5. The summed E-state index contributed by atoms with van der Waals surface area (Å²) in [5.41, 5.74) is 0.702. The summed E-state index contributed by atoms with van der Waals surface area (Å²) in [5, 5.41) is 7.87. The highest BCUT2D eigenvalue weighted by molar-refractivity contribution is 7.89. The third-order valence-corrected chi connectivity index (χ3v) is 5.29. The molecule has 4 rings (SSSR count). The van der Waals surface area contributed by atoms with Crippen molar-refractivity contribution in [2.75, 3.05) is 19.8 Å². The second-order valence-electron chi connectivity index (χ2n) is 5.70. The highest BCUT2D eigenvalue weighted by atomic mass is 32.2. The molecule has 0 amide bonds. The highest BCUT2D eigenvalue weighted by Crippen LogP contribution is 2.32. The Morgan fingerprint density at radius 2 is 1.93 bits per heavy atom. The van der Waals surface area contributed by atoms with Gasteiger partial charge in [-0.25, -0.2) is 13.1 Å². The van der Waals surface area contributed by atoms with E-state index >= 15 is 0 Å². The predicted molar refractivity (Wildman–Crippen MR) is 93.9 cm³/mol. The quantitative estimate of drug-likeness (QED) is 0.674. The number of aromatic nitrogens is 3. The van der Waals surface area contributed by atoms with Gasteiger partial charge in [-0.15, -0.1) is 10.2 Å². The number of pyridine rings is 1. The Hall–Kier alpha value is -2.98. The Kier molecular flexibility index (Phi) is 4.73. The van der Waals surface area contributed by atoms with Crippen molar-refractivity contribution in [1.29, 1.82) is 0 Å². The van der Waals surface area contributed by atoms with Gasteiger partial charge >= 0.3 is 0 Å². The largest absolute Gasteiger partial charge is 0.486 e. The number of nitrogens with zero attached hydrogens (tertiary/aromatic N) is 3. The van der Waals surface area contributed by atoms with Crippen LogP contribution in [0.1, 0.15) is 5.89 Å². The summed E-state index contributed by atoms with van der Waals surface area (Å²) >= 11 is 0. The van der Waals surface area contributed by atoms with Gasteiger partial charge in [0.15, 0.2) is 11.5 Å². The Balaban J connectivity index is 1.39. The second kappa shape index (κ2) is 7.33. The SMILES string of the molecule is O=S(=O)(NCCc1nnc(-c2cccnc2)o1)c1ccc2c(c1)OCCO2. The summed E-state index contributed by atoms with van der Waals surface area (Å²) in [4.78, 5) is 4.10. The van der Waals surface area contributed by atoms with Crippen molar-refractivity contribution in [2.45, 2.75) is 11.3 Å². The fourth-order valence-corrected chi connectivity index (χ4v) is 3.57. The molecule has 1 N–H and O–H groups in total. The average molecular weight is 388 g/mol. The highest BCUT2D eigenvalue weighted by Gasteiger charge is 2.19. The molecule has 1 aromatic carbocycles. The Bertz CT molecular complexity index is 1040. The molecule has 3 heterocycles. The zero-order chi connectivity index (χ0) is 18.7. The first-order valence-electron chi connectivity index (χ1n) is 8.24. The van der Waals surface area contributed by atoms with Crippen LogP contribution in [0.25, 0.3) is 11.5 Å². The average Bonchev–Trinajstić information content (AvgIpc) is 3.17. The van der Waals surface area contributed by atoms with Crippen LogP contribution in [0.2, 0.25) is 0 Å². The lowest BCUT2D eigenvalue weighted by molar-refractivity contribution is 0.171. The molecule has 0 bridgehead atoms. The molecule has 0 unspecified atom stereocenters. The van der Waals surface area contributed by atoms with E-state index in [-0.39, 0.29) is 17.9 Å². The topological polar surface area (TPSA) is 116 Å². The maximum absolute atomic E-state index is 12.5. The monoisotopic (exact) mass is 388 g/mol. The molecule has 0 fully saturated rings. The molecular formula is C17H16N4O5S. The number of hydrogen-bond donors (Lipinski definition) is 1. The first-order valence-corrected chi connectivity index (χ1v) is 9.72. The van der Waals surface area contributed by atoms with Crippen LogP contribution in [-0.4, -0.2) is 43.4 Å². The van der Waals surface area contributed by atoms with E-state index in [1.54, 1.807) is 30.6 Å². The van der Waals surface area contributed by atoms with Crippen molar-refractivity contribution in [2.24, 2.45) is 0 Å². The number of rotatable bonds is 6. The van der Waals surface area contributed by atoms with Gasteiger partial charge in [0.05, 0.1) is 10.5 Å². The molecule has 0 saturated carbocycles. The standard InChI is InChI=1S/C17H16N4O5S/c22-27(23,13-3-4-14-15(10-13)25-9-8-24-14)19-7-5-16-20-21-17(26-16)12-2-1-6-18-11-12/h1-4,6,10-11,19H,5,7-9H2. The molecule has 0 spiro atoms. The van der Waals surface area contributed by atoms with E-state index in [2.05, 4.69) is 19.9 Å². The molecule has 0 saturated heterocycles. The number of sulfonamides is 1. The van der Waals surface area contributed by atoms with Crippen molar-refractivity contribution in [3.05, 3.63) is 48.6 Å². The van der Waals surface area contributed by atoms with Crippen molar-refractivity contribution in [3.63, 3.8) is 0 Å². The van der Waals surface area contributed by atoms with E-state index in [9.17, 15) is 8.42 Å². The van der Waals surface area contributed by atoms with E-state index in [4.69, 9.17) is 13.9 Å². The molecule has 0 atom stereocenters. The number of ether oxygens (including phenoxy) is 2. The van der Waals surface area contributed by atoms with E-state index in [1.807, 2.05) is 0 Å². The molecule has 1 aliphatic heterocycles. The summed E-state index contributed by atoms with van der Waals surface area (Å²) in [6.07, 6.45) is 3.52. The summed E-state index contributed by atoms with van der Waals surface area (Å²) in [5.74, 6) is 1.63. The fourth-order valence-electron chi connectivity index (χ4n) is 2.53. The van der Waals surface area contributed by atoms with Gasteiger partial charge in [-0.05, 0) is 24.3 Å². The molecular weight excluding hydrogens is 372 g/mol. The van der Waals surface area contributed by atoms with Crippen LogP contribution in [0.15, 0.2) is 52.0 Å². The van der Waals surface area contributed by atoms with Crippen LogP contribution in [0.3, 0.4) is 0 Å². The van der Waals surface area contributed by atoms with Crippen molar-refractivity contribution in [1.82, 2.24) is 19.9 Å². The lowest BCUT2D eigenvalue weighted by Gasteiger charge is -2.18. The maximum Gasteiger partial charge on any atom is 0.249 e. The van der Waals surface area contributed by atoms with Crippen molar-refractivity contribution in [3.8, 4) is 23.0 Å². The van der Waals surface area contributed by atoms with E-state index in [0.29, 0.717) is 42.1 Å². The van der Waals surface area contributed by atoms with Crippen LogP contribution in [0, 0.1) is 0 Å². The minimum atomic E-state index is -3.69. The Morgan fingerprint density at radius 1 is 1.07 bits per heavy atom. The van der Waals surface area contributed by atoms with Gasteiger partial charge < -0.3 is 13.9 Å². The molecule has 3 aromatic rings. The Labute approximate surface area is 155 Å². The third-order valence-electron chi connectivity index (χ3n) is 3.83. The molecule has 1 aliphatic rings. The zero-order valence-electron chi connectivity index (χ0n) is 14.2. The van der Waals surface area contributed by atoms with Gasteiger partial charge in [-0.3, -0.25) is 4.98 Å². The van der Waals surface area contributed by atoms with Crippen molar-refractivity contribution < 1.29 is 22.3 Å². The predicted octanol–water partition coefficient (Wildman–Crippen LogP) is 1.42. The lowest BCUT2D eigenvalue weighted by atomic mass is 10.3. The van der Waals surface area contributed by atoms with Gasteiger partial charge in [-0.1, -0.05) is 0 Å². The number of fused-ring (bicyclic) bond motifs is 1. The minimum Gasteiger partial charge on any atom is -0.486 e. The van der Waals surface area contributed by atoms with Gasteiger partial charge in [0.25, 0.3) is 0 Å². The van der Waals surface area contributed by atoms with Crippen LogP contribution in [0.5, 0.6) is 11.5 Å². The van der Waals surface area contributed by atoms with E-state index in [0.717, 1.165) is 0 Å². The number of hydrogen-bond acceptors (Lipinski definition) is 8. The molecule has 10 heteroatoms. The van der Waals surface area contributed by atoms with Crippen LogP contribution in [0.4, 0.5) is 0 Å². The fraction of sp³-hybridized carbons (Fsp3) is 0.235. The number of nitrogens with one attached hydrogen (secondary N) is 1. The lowest BCUT2D eigenvalue weighted by Crippen LogP contribution is -2.26. The van der Waals surface area contributed by atoms with Gasteiger partial charge in [-0.2, -0.15) is 0 Å². The van der Waals surface area contributed by atoms with Crippen LogP contribution < -0.4 is 14.2 Å². The summed E-state index contributed by atoms with van der Waals surface area (Å²) in [6.45, 7) is 0.953. The Morgan fingerprint density at radius 3 is 2.74 bits per heavy atom. The van der Waals surface area contributed by atoms with Crippen molar-refractivity contribution >= 4 is 10.0 Å². The summed E-state index contributed by atoms with van der Waals surface area (Å²) < 4.78 is 43.8. The van der Waals surface area contributed by atoms with E-state index < -0.39 is 10.0 Å². The molecule has 2 aromatic heterocycles. The second-order valence-corrected chi connectivity index (χ2v) is 7.46. The maximum atomic E-state index is 12.5. The van der Waals surface area contributed by atoms with Gasteiger partial charge in [0.1, 0.15) is 13.2 Å². The molecule has 0 radical (unpaired) electrons. The molecule has 140 valence electrons. The van der Waals surface area contributed by atoms with Gasteiger partial charge in [0.2, 0.25) is 21.8 Å². The zero-order valence-corrected chi connectivity index (χ0v) is 15.0. The van der Waals surface area contributed by atoms with Gasteiger partial charge in [0, 0.05) is 31.4 Å².